The van der Waals surface area contributed by atoms with Gasteiger partial charge in [0.05, 0.1) is 41.5 Å². The Balaban J connectivity index is 0.905. The van der Waals surface area contributed by atoms with Gasteiger partial charge in [-0.1, -0.05) is 83.9 Å². The molecule has 0 amide bonds. The largest absolute Gasteiger partial charge is 0.493 e. The van der Waals surface area contributed by atoms with Gasteiger partial charge in [0.15, 0.2) is 11.5 Å². The van der Waals surface area contributed by atoms with Gasteiger partial charge in [-0.3, -0.25) is 19.5 Å². The predicted octanol–water partition coefficient (Wildman–Crippen LogP) is 8.29. The van der Waals surface area contributed by atoms with E-state index in [2.05, 4.69) is 9.88 Å². The normalized spacial score (nSPS) is 19.7. The van der Waals surface area contributed by atoms with Crippen molar-refractivity contribution in [1.82, 2.24) is 14.2 Å². The molecule has 0 radical (unpaired) electrons. The third-order valence-electron chi connectivity index (χ3n) is 12.2. The summed E-state index contributed by atoms with van der Waals surface area (Å²) in [6.45, 7) is 2.93. The van der Waals surface area contributed by atoms with Crippen molar-refractivity contribution in [2.75, 3.05) is 46.9 Å². The molecular formula is C48H49Cl2N3O9S. The minimum Gasteiger partial charge on any atom is -0.493 e. The molecule has 15 heteroatoms. The maximum absolute atomic E-state index is 13.8. The molecule has 12 nitrogen and oxygen atoms in total. The molecular weight excluding hydrogens is 866 g/mol. The zero-order chi connectivity index (χ0) is 44.1. The van der Waals surface area contributed by atoms with Crippen LogP contribution >= 0.6 is 23.2 Å². The summed E-state index contributed by atoms with van der Waals surface area (Å²) in [5.74, 6) is 0.216. The Bertz CT molecular complexity index is 2510. The molecule has 3 atom stereocenters. The van der Waals surface area contributed by atoms with E-state index in [4.69, 9.17) is 46.9 Å². The molecule has 0 aliphatic carbocycles. The van der Waals surface area contributed by atoms with Gasteiger partial charge in [0, 0.05) is 44.4 Å². The Morgan fingerprint density at radius 1 is 0.794 bits per heavy atom. The highest BCUT2D eigenvalue weighted by atomic mass is 35.5. The SMILES string of the molecule is COc1ccc([C@H](Cc2c(Cl)cncc2Cl)OC(=O)C2CN(S(=O)(=O)c3cccc(COc4cccc([C@@H](CC(=O)O[C@H]5CN6CCC5CC6)c5ccccc5)c4)c3)C2)cc1OC. The molecule has 5 aromatic rings. The van der Waals surface area contributed by atoms with E-state index >= 15 is 0 Å². The molecule has 1 aromatic heterocycles. The van der Waals surface area contributed by atoms with Crippen LogP contribution in [-0.4, -0.2) is 87.6 Å². The van der Waals surface area contributed by atoms with Crippen LogP contribution in [0.1, 0.15) is 59.1 Å². The minimum atomic E-state index is -3.95. The number of halogens is 2. The van der Waals surface area contributed by atoms with Gasteiger partial charge in [-0.15, -0.1) is 0 Å². The number of carbonyl (C=O) groups excluding carboxylic acids is 2. The first-order valence-electron chi connectivity index (χ1n) is 21.0. The number of esters is 2. The van der Waals surface area contributed by atoms with Crippen LogP contribution in [0.4, 0.5) is 0 Å². The van der Waals surface area contributed by atoms with Crippen molar-refractivity contribution in [1.29, 1.82) is 0 Å². The van der Waals surface area contributed by atoms with E-state index in [1.165, 1.54) is 37.0 Å². The fourth-order valence-corrected chi connectivity index (χ4v) is 10.7. The van der Waals surface area contributed by atoms with Crippen molar-refractivity contribution < 1.29 is 41.7 Å². The number of pyridine rings is 1. The van der Waals surface area contributed by atoms with E-state index in [9.17, 15) is 18.0 Å². The quantitative estimate of drug-likeness (QED) is 0.0835. The number of sulfonamides is 1. The molecule has 63 heavy (non-hydrogen) atoms. The van der Waals surface area contributed by atoms with E-state index in [1.54, 1.807) is 36.4 Å². The predicted molar refractivity (Wildman–Crippen MR) is 238 cm³/mol. The van der Waals surface area contributed by atoms with Gasteiger partial charge in [0.1, 0.15) is 24.6 Å². The smallest absolute Gasteiger partial charge is 0.312 e. The molecule has 9 rings (SSSR count). The summed E-state index contributed by atoms with van der Waals surface area (Å²) in [6.07, 6.45) is 4.49. The average Bonchev–Trinajstić information content (AvgIpc) is 3.28. The molecule has 2 bridgehead atoms. The maximum Gasteiger partial charge on any atom is 0.312 e. The highest BCUT2D eigenvalue weighted by molar-refractivity contribution is 7.89. The number of carbonyl (C=O) groups is 2. The van der Waals surface area contributed by atoms with Gasteiger partial charge in [-0.05, 0) is 96.1 Å². The van der Waals surface area contributed by atoms with Crippen LogP contribution in [0.15, 0.2) is 114 Å². The van der Waals surface area contributed by atoms with Gasteiger partial charge in [-0.25, -0.2) is 8.42 Å². The third-order valence-corrected chi connectivity index (χ3v) is 14.7. The first-order valence-corrected chi connectivity index (χ1v) is 23.2. The number of aromatic nitrogens is 1. The molecule has 4 aromatic carbocycles. The van der Waals surface area contributed by atoms with Crippen LogP contribution in [0.3, 0.4) is 0 Å². The number of piperidine rings is 3. The summed E-state index contributed by atoms with van der Waals surface area (Å²) >= 11 is 12.9. The number of nitrogens with zero attached hydrogens (tertiary/aromatic N) is 3. The van der Waals surface area contributed by atoms with Crippen LogP contribution in [0, 0.1) is 11.8 Å². The first kappa shape index (κ1) is 44.4. The lowest BCUT2D eigenvalue weighted by Crippen LogP contribution is -2.53. The van der Waals surface area contributed by atoms with Crippen molar-refractivity contribution in [3.63, 3.8) is 0 Å². The molecule has 0 unspecified atom stereocenters. The van der Waals surface area contributed by atoms with Gasteiger partial charge >= 0.3 is 11.9 Å². The lowest BCUT2D eigenvalue weighted by Gasteiger charge is -2.44. The molecule has 330 valence electrons. The van der Waals surface area contributed by atoms with Gasteiger partial charge < -0.3 is 23.7 Å². The second-order valence-corrected chi connectivity index (χ2v) is 18.9. The van der Waals surface area contributed by atoms with Gasteiger partial charge in [-0.2, -0.15) is 4.31 Å². The Morgan fingerprint density at radius 3 is 2.21 bits per heavy atom. The van der Waals surface area contributed by atoms with Crippen LogP contribution < -0.4 is 14.2 Å². The lowest BCUT2D eigenvalue weighted by atomic mass is 9.85. The maximum atomic E-state index is 13.8. The number of benzene rings is 4. The highest BCUT2D eigenvalue weighted by Gasteiger charge is 2.42. The van der Waals surface area contributed by atoms with E-state index < -0.39 is 28.0 Å². The average molecular weight is 915 g/mol. The highest BCUT2D eigenvalue weighted by Crippen LogP contribution is 2.38. The van der Waals surface area contributed by atoms with Crippen molar-refractivity contribution in [3.05, 3.63) is 147 Å². The van der Waals surface area contributed by atoms with Crippen molar-refractivity contribution >= 4 is 45.2 Å². The van der Waals surface area contributed by atoms with Gasteiger partial charge in [0.2, 0.25) is 10.0 Å². The summed E-state index contributed by atoms with van der Waals surface area (Å²) in [5.41, 5.74) is 3.70. The summed E-state index contributed by atoms with van der Waals surface area (Å²) in [6, 6.07) is 29.3. The number of ether oxygens (including phenoxy) is 5. The summed E-state index contributed by atoms with van der Waals surface area (Å²) in [4.78, 5) is 33.5. The number of methoxy groups -OCH3 is 2. The number of hydrogen-bond donors (Lipinski definition) is 0. The zero-order valence-corrected chi connectivity index (χ0v) is 37.4. The molecule has 4 fully saturated rings. The Hall–Kier alpha value is -5.18. The topological polar surface area (TPSA) is 134 Å². The lowest BCUT2D eigenvalue weighted by molar-refractivity contribution is -0.159. The third kappa shape index (κ3) is 10.3. The molecule has 0 saturated carbocycles. The Labute approximate surface area is 378 Å². The Morgan fingerprint density at radius 2 is 1.51 bits per heavy atom. The second kappa shape index (κ2) is 19.7. The number of rotatable bonds is 17. The van der Waals surface area contributed by atoms with Crippen LogP contribution in [0.25, 0.3) is 0 Å². The second-order valence-electron chi connectivity index (χ2n) is 16.2. The van der Waals surface area contributed by atoms with E-state index in [0.717, 1.165) is 43.6 Å². The fraction of sp³-hybridized carbons (Fsp3) is 0.354. The van der Waals surface area contributed by atoms with E-state index in [1.807, 2.05) is 54.6 Å². The number of fused-ring (bicyclic) bond motifs is 3. The monoisotopic (exact) mass is 913 g/mol. The van der Waals surface area contributed by atoms with Crippen LogP contribution in [0.2, 0.25) is 10.0 Å². The number of hydrogen-bond acceptors (Lipinski definition) is 11. The summed E-state index contributed by atoms with van der Waals surface area (Å²) < 4.78 is 58.2. The minimum absolute atomic E-state index is 0.0556. The Kier molecular flexibility index (Phi) is 13.9. The van der Waals surface area contributed by atoms with E-state index in [-0.39, 0.29) is 55.4 Å². The van der Waals surface area contributed by atoms with Crippen molar-refractivity contribution in [3.8, 4) is 17.2 Å². The molecule has 4 aliphatic heterocycles. The van der Waals surface area contributed by atoms with Gasteiger partial charge in [0.25, 0.3) is 0 Å². The standard InChI is InChI=1S/C48H49Cl2N3O9S/c1-58-43-15-14-35(22-45(43)59-2)44(23-40-41(49)25-51-26-42(40)50)62-48(55)36-27-53(28-36)63(56,57)38-13-6-8-31(20-38)30-60-37-12-7-11-34(21-37)39(32-9-4-3-5-10-32)24-47(54)61-46-29-52-18-16-33(46)17-19-52/h3-15,20-22,25-26,33,36,39,44,46H,16-19,23-24,27-30H2,1-2H3/t39-,44-,46-/m0/s1. The van der Waals surface area contributed by atoms with Crippen LogP contribution in [0.5, 0.6) is 17.2 Å². The zero-order valence-electron chi connectivity index (χ0n) is 35.0. The molecule has 5 heterocycles. The molecule has 0 N–H and O–H groups in total. The van der Waals surface area contributed by atoms with E-state index in [0.29, 0.717) is 49.9 Å². The molecule has 4 saturated heterocycles. The fourth-order valence-electron chi connectivity index (χ4n) is 8.59. The van der Waals surface area contributed by atoms with Crippen molar-refractivity contribution in [2.24, 2.45) is 11.8 Å². The van der Waals surface area contributed by atoms with Crippen LogP contribution in [-0.2, 0) is 42.1 Å². The summed E-state index contributed by atoms with van der Waals surface area (Å²) in [5, 5.41) is 0.632. The van der Waals surface area contributed by atoms with Crippen molar-refractivity contribution in [2.45, 2.75) is 55.3 Å². The molecule has 0 spiro atoms. The first-order chi connectivity index (χ1) is 30.5. The molecule has 4 aliphatic rings. The summed E-state index contributed by atoms with van der Waals surface area (Å²) in [7, 11) is -0.923.